The molecule has 0 bridgehead atoms. The van der Waals surface area contributed by atoms with Crippen LogP contribution >= 0.6 is 0 Å². The maximum atomic E-state index is 12.3. The standard InChI is InChI=1S/C22H18O4/c1-22(2)10-8-14-19(26-22)15-9-11-24-20(15)18-16(12-17(23)25-21(14)18)13-6-4-3-5-7-13/h3-7,9,11-12H,8,10H2,1-2H3. The van der Waals surface area contributed by atoms with Crippen molar-refractivity contribution in [2.24, 2.45) is 0 Å². The molecule has 130 valence electrons. The lowest BCUT2D eigenvalue weighted by Gasteiger charge is -2.33. The third kappa shape index (κ3) is 2.18. The van der Waals surface area contributed by atoms with E-state index >= 15 is 0 Å². The second kappa shape index (κ2) is 5.24. The highest BCUT2D eigenvalue weighted by Gasteiger charge is 2.32. The molecule has 26 heavy (non-hydrogen) atoms. The van der Waals surface area contributed by atoms with Gasteiger partial charge in [-0.3, -0.25) is 0 Å². The lowest BCUT2D eigenvalue weighted by molar-refractivity contribution is 0.0870. The number of ether oxygens (including phenoxy) is 1. The van der Waals surface area contributed by atoms with Crippen molar-refractivity contribution in [3.8, 4) is 16.9 Å². The lowest BCUT2D eigenvalue weighted by Crippen LogP contribution is -2.32. The number of benzene rings is 2. The molecule has 5 rings (SSSR count). The van der Waals surface area contributed by atoms with Crippen molar-refractivity contribution in [2.75, 3.05) is 0 Å². The highest BCUT2D eigenvalue weighted by molar-refractivity contribution is 6.13. The summed E-state index contributed by atoms with van der Waals surface area (Å²) in [6.45, 7) is 4.14. The molecule has 0 amide bonds. The Labute approximate surface area is 150 Å². The van der Waals surface area contributed by atoms with Crippen molar-refractivity contribution in [3.63, 3.8) is 0 Å². The molecular formula is C22H18O4. The Kier molecular flexibility index (Phi) is 3.08. The molecule has 0 N–H and O–H groups in total. The van der Waals surface area contributed by atoms with Crippen LogP contribution in [0.1, 0.15) is 25.8 Å². The maximum absolute atomic E-state index is 12.3. The highest BCUT2D eigenvalue weighted by atomic mass is 16.5. The van der Waals surface area contributed by atoms with Crippen molar-refractivity contribution in [3.05, 3.63) is 64.7 Å². The van der Waals surface area contributed by atoms with Gasteiger partial charge in [0.1, 0.15) is 22.5 Å². The van der Waals surface area contributed by atoms with Gasteiger partial charge in [0.05, 0.1) is 17.0 Å². The number of aryl methyl sites for hydroxylation is 1. The minimum Gasteiger partial charge on any atom is -0.487 e. The molecule has 0 aliphatic carbocycles. The van der Waals surface area contributed by atoms with E-state index in [9.17, 15) is 4.79 Å². The summed E-state index contributed by atoms with van der Waals surface area (Å²) in [6, 6.07) is 13.3. The Hall–Kier alpha value is -3.01. The fourth-order valence-corrected chi connectivity index (χ4v) is 3.82. The van der Waals surface area contributed by atoms with Crippen LogP contribution in [0.25, 0.3) is 33.1 Å². The minimum atomic E-state index is -0.366. The number of furan rings is 1. The fraction of sp³-hybridized carbons (Fsp3) is 0.227. The third-order valence-corrected chi connectivity index (χ3v) is 5.09. The topological polar surface area (TPSA) is 52.6 Å². The SMILES string of the molecule is CC1(C)CCc2c(c3ccoc3c3c(-c4ccccc4)cc(=O)oc23)O1. The quantitative estimate of drug-likeness (QED) is 0.438. The predicted octanol–water partition coefficient (Wildman–Crippen LogP) is 5.31. The number of hydrogen-bond donors (Lipinski definition) is 0. The predicted molar refractivity (Wildman–Crippen MR) is 101 cm³/mol. The van der Waals surface area contributed by atoms with Gasteiger partial charge >= 0.3 is 5.63 Å². The van der Waals surface area contributed by atoms with Crippen molar-refractivity contribution in [1.29, 1.82) is 0 Å². The van der Waals surface area contributed by atoms with Crippen LogP contribution in [-0.4, -0.2) is 5.60 Å². The molecule has 3 heterocycles. The molecule has 1 aliphatic rings. The van der Waals surface area contributed by atoms with Gasteiger partial charge in [-0.2, -0.15) is 0 Å². The molecule has 0 unspecified atom stereocenters. The Morgan fingerprint density at radius 3 is 2.65 bits per heavy atom. The molecule has 0 radical (unpaired) electrons. The zero-order chi connectivity index (χ0) is 17.9. The van der Waals surface area contributed by atoms with Crippen molar-refractivity contribution in [2.45, 2.75) is 32.3 Å². The maximum Gasteiger partial charge on any atom is 0.336 e. The van der Waals surface area contributed by atoms with Gasteiger partial charge in [0.25, 0.3) is 0 Å². The normalized spacial score (nSPS) is 15.8. The van der Waals surface area contributed by atoms with Crippen LogP contribution in [0.3, 0.4) is 0 Å². The first-order valence-corrected chi connectivity index (χ1v) is 8.78. The van der Waals surface area contributed by atoms with Gasteiger partial charge in [-0.05, 0) is 38.3 Å². The Morgan fingerprint density at radius 1 is 1.04 bits per heavy atom. The van der Waals surface area contributed by atoms with E-state index in [1.165, 1.54) is 0 Å². The summed E-state index contributed by atoms with van der Waals surface area (Å²) in [5.41, 5.74) is 3.37. The van der Waals surface area contributed by atoms with Crippen LogP contribution in [0.2, 0.25) is 0 Å². The van der Waals surface area contributed by atoms with Gasteiger partial charge in [-0.15, -0.1) is 0 Å². The fourth-order valence-electron chi connectivity index (χ4n) is 3.82. The molecule has 1 aliphatic heterocycles. The van der Waals surface area contributed by atoms with Crippen molar-refractivity contribution in [1.82, 2.24) is 0 Å². The average Bonchev–Trinajstić information content (AvgIpc) is 3.11. The number of rotatable bonds is 1. The zero-order valence-electron chi connectivity index (χ0n) is 14.7. The van der Waals surface area contributed by atoms with E-state index in [-0.39, 0.29) is 11.2 Å². The van der Waals surface area contributed by atoms with Gasteiger partial charge in [-0.25, -0.2) is 4.79 Å². The molecule has 0 spiro atoms. The van der Waals surface area contributed by atoms with Gasteiger partial charge in [0, 0.05) is 17.2 Å². The molecule has 2 aromatic heterocycles. The largest absolute Gasteiger partial charge is 0.487 e. The van der Waals surface area contributed by atoms with Gasteiger partial charge < -0.3 is 13.6 Å². The first-order chi connectivity index (χ1) is 12.5. The molecule has 4 heteroatoms. The van der Waals surface area contributed by atoms with E-state index in [0.29, 0.717) is 11.2 Å². The first-order valence-electron chi connectivity index (χ1n) is 8.78. The molecule has 4 nitrogen and oxygen atoms in total. The first kappa shape index (κ1) is 15.3. The Balaban J connectivity index is 1.97. The minimum absolute atomic E-state index is 0.262. The number of hydrogen-bond acceptors (Lipinski definition) is 4. The van der Waals surface area contributed by atoms with Crippen LogP contribution in [0.5, 0.6) is 5.75 Å². The van der Waals surface area contributed by atoms with Crippen LogP contribution in [0.4, 0.5) is 0 Å². The Bertz CT molecular complexity index is 1200. The Morgan fingerprint density at radius 2 is 1.85 bits per heavy atom. The molecule has 2 aromatic carbocycles. The molecule has 0 saturated heterocycles. The number of fused-ring (bicyclic) bond motifs is 6. The summed E-state index contributed by atoms with van der Waals surface area (Å²) in [5.74, 6) is 0.769. The molecule has 0 saturated carbocycles. The summed E-state index contributed by atoms with van der Waals surface area (Å²) in [6.07, 6.45) is 3.31. The van der Waals surface area contributed by atoms with E-state index in [2.05, 4.69) is 13.8 Å². The van der Waals surface area contributed by atoms with E-state index < -0.39 is 0 Å². The van der Waals surface area contributed by atoms with Crippen molar-refractivity contribution >= 4 is 21.9 Å². The van der Waals surface area contributed by atoms with Crippen LogP contribution < -0.4 is 10.4 Å². The summed E-state index contributed by atoms with van der Waals surface area (Å²) < 4.78 is 17.8. The molecule has 0 fully saturated rings. The van der Waals surface area contributed by atoms with E-state index in [0.717, 1.165) is 46.1 Å². The monoisotopic (exact) mass is 346 g/mol. The summed E-state index contributed by atoms with van der Waals surface area (Å²) in [4.78, 5) is 12.3. The smallest absolute Gasteiger partial charge is 0.336 e. The third-order valence-electron chi connectivity index (χ3n) is 5.09. The van der Waals surface area contributed by atoms with Crippen LogP contribution in [0, 0.1) is 0 Å². The summed E-state index contributed by atoms with van der Waals surface area (Å²) in [5, 5.41) is 1.75. The van der Waals surface area contributed by atoms with Crippen LogP contribution in [-0.2, 0) is 6.42 Å². The average molecular weight is 346 g/mol. The molecule has 4 aromatic rings. The second-order valence-corrected chi connectivity index (χ2v) is 7.38. The van der Waals surface area contributed by atoms with Gasteiger partial charge in [0.2, 0.25) is 0 Å². The molecular weight excluding hydrogens is 328 g/mol. The van der Waals surface area contributed by atoms with Gasteiger partial charge in [0.15, 0.2) is 0 Å². The highest BCUT2D eigenvalue weighted by Crippen LogP contribution is 2.46. The van der Waals surface area contributed by atoms with Crippen LogP contribution in [0.15, 0.2) is 62.4 Å². The lowest BCUT2D eigenvalue weighted by atomic mass is 9.90. The second-order valence-electron chi connectivity index (χ2n) is 7.38. The molecule has 0 atom stereocenters. The summed E-state index contributed by atoms with van der Waals surface area (Å²) >= 11 is 0. The van der Waals surface area contributed by atoms with E-state index in [4.69, 9.17) is 13.6 Å². The van der Waals surface area contributed by atoms with E-state index in [1.54, 1.807) is 12.3 Å². The zero-order valence-corrected chi connectivity index (χ0v) is 14.7. The van der Waals surface area contributed by atoms with Crippen molar-refractivity contribution < 1.29 is 13.6 Å². The van der Waals surface area contributed by atoms with E-state index in [1.807, 2.05) is 36.4 Å². The van der Waals surface area contributed by atoms with Gasteiger partial charge in [-0.1, -0.05) is 30.3 Å². The summed E-state index contributed by atoms with van der Waals surface area (Å²) in [7, 11) is 0.